The second-order valence-electron chi connectivity index (χ2n) is 5.73. The summed E-state index contributed by atoms with van der Waals surface area (Å²) < 4.78 is 28.2. The zero-order valence-corrected chi connectivity index (χ0v) is 15.4. The molecule has 5 heteroatoms. The van der Waals surface area contributed by atoms with E-state index in [1.165, 1.54) is 5.56 Å². The molecule has 0 spiro atoms. The third-order valence-electron chi connectivity index (χ3n) is 4.49. The summed E-state index contributed by atoms with van der Waals surface area (Å²) in [4.78, 5) is 0.443. The Kier molecular flexibility index (Phi) is 5.10. The minimum atomic E-state index is -3.48. The summed E-state index contributed by atoms with van der Waals surface area (Å²) in [5.74, 6) is 0. The van der Waals surface area contributed by atoms with Gasteiger partial charge in [0.2, 0.25) is 10.0 Å². The first-order chi connectivity index (χ1) is 10.3. The fourth-order valence-electron chi connectivity index (χ4n) is 2.71. The van der Waals surface area contributed by atoms with E-state index in [0.29, 0.717) is 17.9 Å². The lowest BCUT2D eigenvalue weighted by atomic mass is 9.95. The van der Waals surface area contributed by atoms with E-state index in [4.69, 9.17) is 0 Å². The van der Waals surface area contributed by atoms with Crippen molar-refractivity contribution in [2.75, 3.05) is 6.54 Å². The van der Waals surface area contributed by atoms with Crippen molar-refractivity contribution in [3.63, 3.8) is 0 Å². The molecule has 2 rings (SSSR count). The van der Waals surface area contributed by atoms with Gasteiger partial charge in [0.25, 0.3) is 0 Å². The molecule has 0 radical (unpaired) electrons. The Labute approximate surface area is 137 Å². The minimum Gasteiger partial charge on any atom is -0.211 e. The Morgan fingerprint density at radius 2 is 1.50 bits per heavy atom. The molecular formula is C17H23NO2S2. The maximum absolute atomic E-state index is 12.7. The van der Waals surface area contributed by atoms with Crippen LogP contribution >= 0.6 is 11.3 Å². The predicted octanol–water partition coefficient (Wildman–Crippen LogP) is 3.81. The van der Waals surface area contributed by atoms with Gasteiger partial charge in [-0.25, -0.2) is 13.1 Å². The fraction of sp³-hybridized carbons (Fsp3) is 0.412. The van der Waals surface area contributed by atoms with Crippen LogP contribution in [-0.2, 0) is 16.4 Å². The van der Waals surface area contributed by atoms with Crippen molar-refractivity contribution in [2.45, 2.75) is 45.9 Å². The number of thiophene rings is 1. The van der Waals surface area contributed by atoms with E-state index in [-0.39, 0.29) is 0 Å². The highest BCUT2D eigenvalue weighted by molar-refractivity contribution is 7.89. The van der Waals surface area contributed by atoms with Crippen molar-refractivity contribution in [3.05, 3.63) is 50.2 Å². The molecule has 1 aromatic heterocycles. The van der Waals surface area contributed by atoms with E-state index >= 15 is 0 Å². The Morgan fingerprint density at radius 1 is 0.955 bits per heavy atom. The smallest absolute Gasteiger partial charge is 0.211 e. The lowest BCUT2D eigenvalue weighted by molar-refractivity contribution is 0.580. The van der Waals surface area contributed by atoms with Gasteiger partial charge >= 0.3 is 0 Å². The molecule has 3 nitrogen and oxygen atoms in total. The monoisotopic (exact) mass is 337 g/mol. The molecule has 120 valence electrons. The molecule has 0 amide bonds. The van der Waals surface area contributed by atoms with Crippen molar-refractivity contribution in [1.29, 1.82) is 0 Å². The van der Waals surface area contributed by atoms with Crippen LogP contribution < -0.4 is 4.72 Å². The molecule has 0 aliphatic carbocycles. The van der Waals surface area contributed by atoms with E-state index in [9.17, 15) is 8.42 Å². The zero-order valence-electron chi connectivity index (χ0n) is 13.8. The van der Waals surface area contributed by atoms with Crippen molar-refractivity contribution in [2.24, 2.45) is 0 Å². The van der Waals surface area contributed by atoms with Gasteiger partial charge in [0.1, 0.15) is 0 Å². The number of sulfonamides is 1. The van der Waals surface area contributed by atoms with Crippen LogP contribution in [0.5, 0.6) is 0 Å². The number of hydrogen-bond donors (Lipinski definition) is 1. The number of benzene rings is 1. The van der Waals surface area contributed by atoms with Gasteiger partial charge in [0.15, 0.2) is 0 Å². The van der Waals surface area contributed by atoms with E-state index in [0.717, 1.165) is 27.8 Å². The van der Waals surface area contributed by atoms with Gasteiger partial charge in [0.05, 0.1) is 4.90 Å². The molecule has 1 heterocycles. The SMILES string of the molecule is Cc1c(C)c(C)c(S(=O)(=O)NCCc2ccsc2)c(C)c1C. The number of hydrogen-bond acceptors (Lipinski definition) is 3. The molecule has 0 unspecified atom stereocenters. The third-order valence-corrected chi connectivity index (χ3v) is 6.95. The molecule has 0 saturated heterocycles. The summed E-state index contributed by atoms with van der Waals surface area (Å²) in [5, 5.41) is 4.05. The van der Waals surface area contributed by atoms with Crippen LogP contribution in [0.25, 0.3) is 0 Å². The molecule has 22 heavy (non-hydrogen) atoms. The molecule has 1 N–H and O–H groups in total. The highest BCUT2D eigenvalue weighted by atomic mass is 32.2. The van der Waals surface area contributed by atoms with Gasteiger partial charge in [-0.15, -0.1) is 0 Å². The van der Waals surface area contributed by atoms with Crippen molar-refractivity contribution < 1.29 is 8.42 Å². The summed E-state index contributed by atoms with van der Waals surface area (Å²) in [6.45, 7) is 10.2. The van der Waals surface area contributed by atoms with Gasteiger partial charge in [-0.3, -0.25) is 0 Å². The summed E-state index contributed by atoms with van der Waals surface area (Å²) in [6.07, 6.45) is 0.713. The largest absolute Gasteiger partial charge is 0.241 e. The van der Waals surface area contributed by atoms with Crippen LogP contribution in [0.4, 0.5) is 0 Å². The molecular weight excluding hydrogens is 314 g/mol. The van der Waals surface area contributed by atoms with Crippen LogP contribution in [-0.4, -0.2) is 15.0 Å². The van der Waals surface area contributed by atoms with Crippen LogP contribution in [0.1, 0.15) is 33.4 Å². The van der Waals surface area contributed by atoms with E-state index in [1.54, 1.807) is 11.3 Å². The Hall–Kier alpha value is -1.17. The topological polar surface area (TPSA) is 46.2 Å². The van der Waals surface area contributed by atoms with Crippen LogP contribution in [0.15, 0.2) is 21.7 Å². The highest BCUT2D eigenvalue weighted by Gasteiger charge is 2.23. The first-order valence-corrected chi connectivity index (χ1v) is 9.76. The van der Waals surface area contributed by atoms with Gasteiger partial charge < -0.3 is 0 Å². The molecule has 0 aliphatic heterocycles. The molecule has 0 bridgehead atoms. The van der Waals surface area contributed by atoms with Crippen molar-refractivity contribution >= 4 is 21.4 Å². The summed E-state index contributed by atoms with van der Waals surface area (Å²) in [6, 6.07) is 2.02. The molecule has 0 saturated carbocycles. The van der Waals surface area contributed by atoms with E-state index in [1.807, 2.05) is 51.4 Å². The normalized spacial score (nSPS) is 11.9. The molecule has 2 aromatic rings. The summed E-state index contributed by atoms with van der Waals surface area (Å²) >= 11 is 1.63. The lowest BCUT2D eigenvalue weighted by Gasteiger charge is -2.19. The Bertz CT molecular complexity index is 746. The van der Waals surface area contributed by atoms with E-state index < -0.39 is 10.0 Å². The van der Waals surface area contributed by atoms with Gasteiger partial charge in [-0.2, -0.15) is 11.3 Å². The second-order valence-corrected chi connectivity index (χ2v) is 8.22. The maximum Gasteiger partial charge on any atom is 0.241 e. The minimum absolute atomic E-state index is 0.421. The van der Waals surface area contributed by atoms with Gasteiger partial charge in [-0.05, 0) is 91.2 Å². The standard InChI is InChI=1S/C17H23NO2S2/c1-11-12(2)14(4)17(15(5)13(11)3)22(19,20)18-8-6-16-7-9-21-10-16/h7,9-10,18H,6,8H2,1-5H3. The molecule has 0 aliphatic rings. The predicted molar refractivity (Wildman–Crippen MR) is 93.3 cm³/mol. The Morgan fingerprint density at radius 3 is 2.00 bits per heavy atom. The number of rotatable bonds is 5. The average Bonchev–Trinajstić information content (AvgIpc) is 2.96. The summed E-state index contributed by atoms with van der Waals surface area (Å²) in [5.41, 5.74) is 6.15. The summed E-state index contributed by atoms with van der Waals surface area (Å²) in [7, 11) is -3.48. The third kappa shape index (κ3) is 3.26. The Balaban J connectivity index is 2.30. The van der Waals surface area contributed by atoms with Crippen molar-refractivity contribution in [3.8, 4) is 0 Å². The first-order valence-electron chi connectivity index (χ1n) is 7.33. The zero-order chi connectivity index (χ0) is 16.5. The van der Waals surface area contributed by atoms with Gasteiger partial charge in [-0.1, -0.05) is 0 Å². The number of nitrogens with one attached hydrogen (secondary N) is 1. The molecule has 0 atom stereocenters. The molecule has 0 fully saturated rings. The van der Waals surface area contributed by atoms with E-state index in [2.05, 4.69) is 4.72 Å². The van der Waals surface area contributed by atoms with Crippen molar-refractivity contribution in [1.82, 2.24) is 4.72 Å². The maximum atomic E-state index is 12.7. The van der Waals surface area contributed by atoms with Crippen LogP contribution in [0, 0.1) is 34.6 Å². The quantitative estimate of drug-likeness (QED) is 0.902. The first kappa shape index (κ1) is 17.2. The van der Waals surface area contributed by atoms with Crippen LogP contribution in [0.2, 0.25) is 0 Å². The second kappa shape index (κ2) is 6.52. The average molecular weight is 338 g/mol. The van der Waals surface area contributed by atoms with Crippen LogP contribution in [0.3, 0.4) is 0 Å². The van der Waals surface area contributed by atoms with Gasteiger partial charge in [0, 0.05) is 6.54 Å². The lowest BCUT2D eigenvalue weighted by Crippen LogP contribution is -2.28. The molecule has 1 aromatic carbocycles. The highest BCUT2D eigenvalue weighted by Crippen LogP contribution is 2.29. The fourth-order valence-corrected chi connectivity index (χ4v) is 5.04.